The van der Waals surface area contributed by atoms with Crippen molar-refractivity contribution >= 4 is 6.29 Å². The summed E-state index contributed by atoms with van der Waals surface area (Å²) in [5.74, 6) is -1.81. The van der Waals surface area contributed by atoms with Crippen LogP contribution in [0.2, 0.25) is 0 Å². The first kappa shape index (κ1) is 28.6. The number of aliphatic hydroxyl groups excluding tert-OH is 1. The van der Waals surface area contributed by atoms with E-state index >= 15 is 0 Å². The van der Waals surface area contributed by atoms with Crippen molar-refractivity contribution < 1.29 is 27.5 Å². The Morgan fingerprint density at radius 2 is 1.29 bits per heavy atom. The quantitative estimate of drug-likeness (QED) is 0.219. The second-order valence-electron chi connectivity index (χ2n) is 8.68. The standard InChI is InChI=1S/C17H20F2N2O.C12H7F2NO/c1-11(2)17(10-22)20-9-16-14(19)7-8-15(21-16)12-5-3-4-6-13(12)18;13-9-4-2-1-3-8(9)11-6-5-10(14)12(7-16)15-11/h3-8,11,17,20,22H,9-10H2,1-2H3;1-7H/t17-;/m0./s1. The van der Waals surface area contributed by atoms with Gasteiger partial charge in [-0.2, -0.15) is 0 Å². The molecule has 2 heterocycles. The van der Waals surface area contributed by atoms with Crippen LogP contribution >= 0.6 is 0 Å². The van der Waals surface area contributed by atoms with Gasteiger partial charge < -0.3 is 10.4 Å². The molecule has 0 spiro atoms. The van der Waals surface area contributed by atoms with Crippen LogP contribution in [-0.4, -0.2) is 34.0 Å². The Labute approximate surface area is 218 Å². The first-order valence-electron chi connectivity index (χ1n) is 11.9. The number of halogens is 4. The van der Waals surface area contributed by atoms with E-state index in [-0.39, 0.29) is 47.8 Å². The van der Waals surface area contributed by atoms with E-state index in [2.05, 4.69) is 15.3 Å². The van der Waals surface area contributed by atoms with Crippen molar-refractivity contribution in [2.75, 3.05) is 6.61 Å². The van der Waals surface area contributed by atoms with Crippen LogP contribution in [0.5, 0.6) is 0 Å². The normalized spacial score (nSPS) is 11.6. The lowest BCUT2D eigenvalue weighted by atomic mass is 10.1. The maximum atomic E-state index is 13.9. The Kier molecular flexibility index (Phi) is 10.2. The van der Waals surface area contributed by atoms with Crippen molar-refractivity contribution in [1.29, 1.82) is 0 Å². The number of carbonyl (C=O) groups is 1. The van der Waals surface area contributed by atoms with Crippen molar-refractivity contribution in [1.82, 2.24) is 15.3 Å². The lowest BCUT2D eigenvalue weighted by molar-refractivity contribution is 0.111. The van der Waals surface area contributed by atoms with Crippen molar-refractivity contribution in [3.05, 3.63) is 107 Å². The second kappa shape index (κ2) is 13.6. The fraction of sp³-hybridized carbons (Fsp3) is 0.207. The molecule has 0 amide bonds. The van der Waals surface area contributed by atoms with Gasteiger partial charge in [0.1, 0.15) is 23.1 Å². The Balaban J connectivity index is 0.000000221. The van der Waals surface area contributed by atoms with Crippen LogP contribution in [-0.2, 0) is 6.54 Å². The number of rotatable bonds is 8. The highest BCUT2D eigenvalue weighted by molar-refractivity contribution is 5.74. The third kappa shape index (κ3) is 7.30. The molecule has 0 aliphatic carbocycles. The van der Waals surface area contributed by atoms with E-state index in [9.17, 15) is 27.5 Å². The molecule has 198 valence electrons. The Hall–Kier alpha value is -3.95. The molecule has 0 saturated heterocycles. The van der Waals surface area contributed by atoms with Crippen LogP contribution in [0, 0.1) is 29.2 Å². The van der Waals surface area contributed by atoms with Gasteiger partial charge in [0.25, 0.3) is 0 Å². The molecule has 2 aromatic heterocycles. The van der Waals surface area contributed by atoms with Gasteiger partial charge in [-0.25, -0.2) is 27.5 Å². The molecule has 0 saturated carbocycles. The highest BCUT2D eigenvalue weighted by Gasteiger charge is 2.15. The molecule has 0 fully saturated rings. The molecular formula is C29H27F4N3O2. The number of nitrogens with one attached hydrogen (secondary N) is 1. The largest absolute Gasteiger partial charge is 0.395 e. The number of hydrogen-bond donors (Lipinski definition) is 2. The van der Waals surface area contributed by atoms with E-state index in [0.717, 1.165) is 6.07 Å². The van der Waals surface area contributed by atoms with E-state index in [1.807, 2.05) is 13.8 Å². The van der Waals surface area contributed by atoms with Gasteiger partial charge >= 0.3 is 0 Å². The van der Waals surface area contributed by atoms with Gasteiger partial charge in [0, 0.05) is 23.7 Å². The Morgan fingerprint density at radius 1 is 0.763 bits per heavy atom. The number of hydrogen-bond acceptors (Lipinski definition) is 5. The predicted octanol–water partition coefficient (Wildman–Crippen LogP) is 5.97. The first-order chi connectivity index (χ1) is 18.2. The minimum absolute atomic E-state index is 0.0354. The molecule has 2 N–H and O–H groups in total. The van der Waals surface area contributed by atoms with Gasteiger partial charge in [0.2, 0.25) is 0 Å². The van der Waals surface area contributed by atoms with Gasteiger partial charge in [0.05, 0.1) is 23.7 Å². The summed E-state index contributed by atoms with van der Waals surface area (Å²) < 4.78 is 54.1. The van der Waals surface area contributed by atoms with Crippen molar-refractivity contribution in [3.63, 3.8) is 0 Å². The van der Waals surface area contributed by atoms with E-state index in [0.29, 0.717) is 17.5 Å². The molecule has 1 atom stereocenters. The zero-order valence-electron chi connectivity index (χ0n) is 20.8. The number of nitrogens with zero attached hydrogens (tertiary/aromatic N) is 2. The molecule has 4 rings (SSSR count). The average molecular weight is 526 g/mol. The van der Waals surface area contributed by atoms with E-state index < -0.39 is 23.3 Å². The molecule has 9 heteroatoms. The molecule has 5 nitrogen and oxygen atoms in total. The zero-order valence-corrected chi connectivity index (χ0v) is 20.8. The van der Waals surface area contributed by atoms with Gasteiger partial charge in [-0.1, -0.05) is 38.1 Å². The summed E-state index contributed by atoms with van der Waals surface area (Å²) in [5.41, 5.74) is 1.10. The highest BCUT2D eigenvalue weighted by Crippen LogP contribution is 2.22. The smallest absolute Gasteiger partial charge is 0.171 e. The number of carbonyl (C=O) groups excluding carboxylic acids is 1. The summed E-state index contributed by atoms with van der Waals surface area (Å²) >= 11 is 0. The number of benzene rings is 2. The summed E-state index contributed by atoms with van der Waals surface area (Å²) in [7, 11) is 0. The maximum Gasteiger partial charge on any atom is 0.171 e. The van der Waals surface area contributed by atoms with E-state index in [1.54, 1.807) is 30.3 Å². The van der Waals surface area contributed by atoms with Crippen LogP contribution in [0.25, 0.3) is 22.5 Å². The summed E-state index contributed by atoms with van der Waals surface area (Å²) in [5, 5.41) is 12.4. The number of aromatic nitrogens is 2. The molecular weight excluding hydrogens is 498 g/mol. The Bertz CT molecular complexity index is 1380. The molecule has 0 aliphatic rings. The van der Waals surface area contributed by atoms with Crippen LogP contribution in [0.1, 0.15) is 30.0 Å². The minimum atomic E-state index is -0.713. The molecule has 2 aromatic carbocycles. The minimum Gasteiger partial charge on any atom is -0.395 e. The molecule has 0 aliphatic heterocycles. The summed E-state index contributed by atoms with van der Waals surface area (Å²) in [6.07, 6.45) is 0.305. The summed E-state index contributed by atoms with van der Waals surface area (Å²) in [4.78, 5) is 18.4. The zero-order chi connectivity index (χ0) is 27.7. The first-order valence-corrected chi connectivity index (χ1v) is 11.9. The molecule has 0 radical (unpaired) electrons. The molecule has 4 aromatic rings. The highest BCUT2D eigenvalue weighted by atomic mass is 19.1. The van der Waals surface area contributed by atoms with E-state index in [4.69, 9.17) is 0 Å². The fourth-order valence-corrected chi connectivity index (χ4v) is 3.53. The molecule has 0 bridgehead atoms. The predicted molar refractivity (Wildman–Crippen MR) is 137 cm³/mol. The summed E-state index contributed by atoms with van der Waals surface area (Å²) in [6.45, 7) is 4.07. The third-order valence-electron chi connectivity index (χ3n) is 5.74. The maximum absolute atomic E-state index is 13.9. The molecule has 38 heavy (non-hydrogen) atoms. The monoisotopic (exact) mass is 525 g/mol. The van der Waals surface area contributed by atoms with Gasteiger partial charge in [-0.15, -0.1) is 0 Å². The van der Waals surface area contributed by atoms with Crippen LogP contribution in [0.15, 0.2) is 72.8 Å². The second-order valence-corrected chi connectivity index (χ2v) is 8.68. The van der Waals surface area contributed by atoms with Gasteiger partial charge in [-0.3, -0.25) is 4.79 Å². The summed E-state index contributed by atoms with van der Waals surface area (Å²) in [6, 6.07) is 17.3. The van der Waals surface area contributed by atoms with E-state index in [1.165, 1.54) is 36.4 Å². The fourth-order valence-electron chi connectivity index (χ4n) is 3.53. The van der Waals surface area contributed by atoms with Gasteiger partial charge in [-0.05, 0) is 54.4 Å². The topological polar surface area (TPSA) is 75.1 Å². The number of aldehydes is 1. The SMILES string of the molecule is CC(C)[C@H](CO)NCc1nc(-c2ccccc2F)ccc1F.O=Cc1nc(-c2ccccc2F)ccc1F. The van der Waals surface area contributed by atoms with Crippen molar-refractivity contribution in [2.45, 2.75) is 26.4 Å². The average Bonchev–Trinajstić information content (AvgIpc) is 2.91. The third-order valence-corrected chi connectivity index (χ3v) is 5.74. The lowest BCUT2D eigenvalue weighted by Crippen LogP contribution is -2.36. The molecule has 0 unspecified atom stereocenters. The lowest BCUT2D eigenvalue weighted by Gasteiger charge is -2.20. The van der Waals surface area contributed by atoms with Crippen LogP contribution in [0.4, 0.5) is 17.6 Å². The van der Waals surface area contributed by atoms with Crippen LogP contribution in [0.3, 0.4) is 0 Å². The van der Waals surface area contributed by atoms with Crippen LogP contribution < -0.4 is 5.32 Å². The van der Waals surface area contributed by atoms with Crippen molar-refractivity contribution in [2.24, 2.45) is 5.92 Å². The van der Waals surface area contributed by atoms with Crippen molar-refractivity contribution in [3.8, 4) is 22.5 Å². The Morgan fingerprint density at radius 3 is 1.79 bits per heavy atom. The number of pyridine rings is 2. The van der Waals surface area contributed by atoms with Gasteiger partial charge in [0.15, 0.2) is 12.1 Å². The number of aliphatic hydroxyl groups is 1.